The van der Waals surface area contributed by atoms with Crippen molar-refractivity contribution in [2.24, 2.45) is 0 Å². The van der Waals surface area contributed by atoms with E-state index in [0.717, 1.165) is 38.5 Å². The predicted octanol–water partition coefficient (Wildman–Crippen LogP) is 11.5. The first-order chi connectivity index (χ1) is 25.8. The Labute approximate surface area is 324 Å². The molecule has 0 bridgehead atoms. The Morgan fingerprint density at radius 2 is 1.02 bits per heavy atom. The van der Waals surface area contributed by atoms with Crippen LogP contribution in [-0.4, -0.2) is 54.4 Å². The molecule has 1 unspecified atom stereocenters. The van der Waals surface area contributed by atoms with Crippen molar-refractivity contribution in [1.29, 1.82) is 0 Å². The van der Waals surface area contributed by atoms with E-state index in [0.29, 0.717) is 12.8 Å². The molecule has 0 heterocycles. The van der Waals surface area contributed by atoms with Crippen molar-refractivity contribution in [3.05, 3.63) is 48.6 Å². The zero-order chi connectivity index (χ0) is 38.9. The number of hydrogen-bond acceptors (Lipinski definition) is 7. The van der Waals surface area contributed by atoms with E-state index in [1.165, 1.54) is 103 Å². The van der Waals surface area contributed by atoms with E-state index in [4.69, 9.17) is 19.1 Å². The topological polar surface area (TPSA) is 131 Å². The highest BCUT2D eigenvalue weighted by molar-refractivity contribution is 7.50. The molecule has 0 saturated carbocycles. The molecule has 0 rings (SSSR count). The van der Waals surface area contributed by atoms with Crippen LogP contribution in [0.15, 0.2) is 48.6 Å². The summed E-state index contributed by atoms with van der Waals surface area (Å²) in [6.45, 7) is 3.30. The average molecular weight is 768 g/mol. The van der Waals surface area contributed by atoms with Gasteiger partial charge in [0.05, 0.1) is 13.2 Å². The maximum absolute atomic E-state index is 12.5. The van der Waals surface area contributed by atoms with Crippen molar-refractivity contribution < 1.29 is 38.2 Å². The number of esters is 2. The van der Waals surface area contributed by atoms with Crippen molar-refractivity contribution in [3.63, 3.8) is 0 Å². The number of unbranched alkanes of at least 4 members (excludes halogenated alkanes) is 18. The third kappa shape index (κ3) is 39.5. The molecule has 53 heavy (non-hydrogen) atoms. The van der Waals surface area contributed by atoms with Crippen LogP contribution in [0.5, 0.6) is 0 Å². The first-order valence-corrected chi connectivity index (χ1v) is 22.7. The van der Waals surface area contributed by atoms with Crippen LogP contribution >= 0.6 is 7.75 Å². The molecule has 0 aliphatic rings. The summed E-state index contributed by atoms with van der Waals surface area (Å²) in [5, 5.41) is 11.1. The van der Waals surface area contributed by atoms with E-state index in [2.05, 4.69) is 61.5 Å². The average Bonchev–Trinajstić information content (AvgIpc) is 3.14. The third-order valence-corrected chi connectivity index (χ3v) is 9.90. The lowest BCUT2D eigenvalue weighted by molar-refractivity contribution is -0.161. The van der Waals surface area contributed by atoms with E-state index in [1.807, 2.05) is 6.08 Å². The van der Waals surface area contributed by atoms with Gasteiger partial charge in [0, 0.05) is 19.4 Å². The molecule has 0 spiro atoms. The number of rotatable bonds is 39. The molecule has 10 heteroatoms. The molecule has 3 N–H and O–H groups in total. The summed E-state index contributed by atoms with van der Waals surface area (Å²) in [6, 6.07) is 0. The van der Waals surface area contributed by atoms with Crippen LogP contribution in [0.25, 0.3) is 0 Å². The van der Waals surface area contributed by atoms with Gasteiger partial charge in [-0.2, -0.15) is 0 Å². The van der Waals surface area contributed by atoms with Gasteiger partial charge in [-0.1, -0.05) is 165 Å². The van der Waals surface area contributed by atoms with Gasteiger partial charge in [-0.25, -0.2) is 9.65 Å². The highest BCUT2D eigenvalue weighted by Crippen LogP contribution is 2.36. The maximum Gasteiger partial charge on any atom is 0.403 e. The van der Waals surface area contributed by atoms with Crippen molar-refractivity contribution in [1.82, 2.24) is 5.09 Å². The zero-order valence-electron chi connectivity index (χ0n) is 33.7. The predicted molar refractivity (Wildman–Crippen MR) is 220 cm³/mol. The quantitative estimate of drug-likeness (QED) is 0.0242. The lowest BCUT2D eigenvalue weighted by atomic mass is 10.0. The minimum absolute atomic E-state index is 0.135. The second-order valence-corrected chi connectivity index (χ2v) is 15.5. The molecule has 0 aromatic carbocycles. The third-order valence-electron chi connectivity index (χ3n) is 8.78. The van der Waals surface area contributed by atoms with Crippen molar-refractivity contribution in [2.45, 2.75) is 187 Å². The van der Waals surface area contributed by atoms with Crippen molar-refractivity contribution in [3.8, 4) is 0 Å². The fourth-order valence-electron chi connectivity index (χ4n) is 5.61. The van der Waals surface area contributed by atoms with Gasteiger partial charge in [0.25, 0.3) is 0 Å². The molecule has 0 fully saturated rings. The SMILES string of the molecule is CCCCCC=CCC=CCC=CCC=CCCCC(=O)O[C@H](COC(=O)CCCCCCCCCCCCCCCCC)COP(=O)(O)NCCO. The molecule has 0 aliphatic heterocycles. The van der Waals surface area contributed by atoms with Gasteiger partial charge in [0.1, 0.15) is 6.61 Å². The number of aliphatic hydroxyl groups is 1. The highest BCUT2D eigenvalue weighted by atomic mass is 31.2. The molecular formula is C43H78NO8P. The van der Waals surface area contributed by atoms with Gasteiger partial charge in [0.15, 0.2) is 6.10 Å². The van der Waals surface area contributed by atoms with Crippen LogP contribution in [0.1, 0.15) is 181 Å². The molecule has 2 atom stereocenters. The van der Waals surface area contributed by atoms with E-state index in [-0.39, 0.29) is 32.6 Å². The fourth-order valence-corrected chi connectivity index (χ4v) is 6.45. The number of aliphatic hydroxyl groups excluding tert-OH is 1. The second kappa shape index (κ2) is 39.7. The monoisotopic (exact) mass is 768 g/mol. The lowest BCUT2D eigenvalue weighted by Gasteiger charge is -2.20. The summed E-state index contributed by atoms with van der Waals surface area (Å²) >= 11 is 0. The van der Waals surface area contributed by atoms with Crippen molar-refractivity contribution >= 4 is 19.7 Å². The van der Waals surface area contributed by atoms with Crippen LogP contribution in [0.4, 0.5) is 0 Å². The van der Waals surface area contributed by atoms with Crippen LogP contribution in [0.3, 0.4) is 0 Å². The molecule has 308 valence electrons. The number of ether oxygens (including phenoxy) is 2. The van der Waals surface area contributed by atoms with E-state index >= 15 is 0 Å². The van der Waals surface area contributed by atoms with Gasteiger partial charge >= 0.3 is 19.7 Å². The minimum Gasteiger partial charge on any atom is -0.462 e. The number of carbonyl (C=O) groups is 2. The molecule has 0 radical (unpaired) electrons. The summed E-state index contributed by atoms with van der Waals surface area (Å²) in [4.78, 5) is 34.8. The fraction of sp³-hybridized carbons (Fsp3) is 0.767. The van der Waals surface area contributed by atoms with Crippen LogP contribution in [0, 0.1) is 0 Å². The van der Waals surface area contributed by atoms with E-state index < -0.39 is 32.4 Å². The molecule has 0 aromatic heterocycles. The van der Waals surface area contributed by atoms with Crippen LogP contribution < -0.4 is 5.09 Å². The first-order valence-electron chi connectivity index (χ1n) is 21.1. The van der Waals surface area contributed by atoms with Gasteiger partial charge < -0.3 is 19.5 Å². The Morgan fingerprint density at radius 1 is 0.585 bits per heavy atom. The Bertz CT molecular complexity index is 1010. The smallest absolute Gasteiger partial charge is 0.403 e. The van der Waals surface area contributed by atoms with E-state index in [1.54, 1.807) is 0 Å². The van der Waals surface area contributed by atoms with Gasteiger partial charge in [-0.05, 0) is 51.4 Å². The molecule has 0 amide bonds. The van der Waals surface area contributed by atoms with Gasteiger partial charge in [-0.15, -0.1) is 0 Å². The molecule has 0 aliphatic carbocycles. The lowest BCUT2D eigenvalue weighted by Crippen LogP contribution is -2.30. The number of allylic oxidation sites excluding steroid dienone is 8. The summed E-state index contributed by atoms with van der Waals surface area (Å²) in [7, 11) is -4.22. The van der Waals surface area contributed by atoms with Gasteiger partial charge in [0.2, 0.25) is 0 Å². The number of hydrogen-bond donors (Lipinski definition) is 3. The Balaban J connectivity index is 4.26. The Hall–Kier alpha value is -2.03. The molecule has 9 nitrogen and oxygen atoms in total. The maximum atomic E-state index is 12.5. The van der Waals surface area contributed by atoms with E-state index in [9.17, 15) is 19.0 Å². The summed E-state index contributed by atoms with van der Waals surface area (Å²) in [5.41, 5.74) is 0. The minimum atomic E-state index is -4.22. The Kier molecular flexibility index (Phi) is 38.1. The zero-order valence-corrected chi connectivity index (χ0v) is 34.6. The summed E-state index contributed by atoms with van der Waals surface area (Å²) < 4.78 is 28.0. The van der Waals surface area contributed by atoms with Crippen molar-refractivity contribution in [2.75, 3.05) is 26.4 Å². The number of carbonyl (C=O) groups excluding carboxylic acids is 2. The van der Waals surface area contributed by atoms with Gasteiger partial charge in [-0.3, -0.25) is 14.1 Å². The first kappa shape index (κ1) is 51.0. The standard InChI is InChI=1S/C43H78NO8P/c1-3-5-7-9-11-13-15-17-19-20-22-24-26-28-30-32-34-36-43(47)52-41(40-51-53(48,49)44-37-38-45)39-50-42(46)35-33-31-29-27-25-23-21-18-16-14-12-10-8-6-4-2/h11,13,17,19,22,24,28,30,41,45H,3-10,12,14-16,18,20-21,23,25-27,29,31-40H2,1-2H3,(H2,44,48,49)/t41-/m1/s1. The molecule has 0 saturated heterocycles. The normalized spacial score (nSPS) is 13.8. The molecule has 0 aromatic rings. The largest absolute Gasteiger partial charge is 0.462 e. The Morgan fingerprint density at radius 3 is 1.53 bits per heavy atom. The molecular weight excluding hydrogens is 689 g/mol. The summed E-state index contributed by atoms with van der Waals surface area (Å²) in [5.74, 6) is -0.893. The van der Waals surface area contributed by atoms with Crippen LogP contribution in [0.2, 0.25) is 0 Å². The highest BCUT2D eigenvalue weighted by Gasteiger charge is 2.24. The second-order valence-electron chi connectivity index (χ2n) is 13.9. The van der Waals surface area contributed by atoms with Crippen LogP contribution in [-0.2, 0) is 28.2 Å². The number of nitrogens with one attached hydrogen (secondary N) is 1. The summed E-state index contributed by atoms with van der Waals surface area (Å²) in [6.07, 6.45) is 44.3.